The summed E-state index contributed by atoms with van der Waals surface area (Å²) in [6.45, 7) is 6.54. The summed E-state index contributed by atoms with van der Waals surface area (Å²) in [6.07, 6.45) is 1.51. The van der Waals surface area contributed by atoms with E-state index >= 15 is 0 Å². The number of ether oxygens (including phenoxy) is 1. The summed E-state index contributed by atoms with van der Waals surface area (Å²) in [7, 11) is 0. The molecular weight excluding hydrogens is 206 g/mol. The molecule has 0 aromatic heterocycles. The van der Waals surface area contributed by atoms with Crippen molar-refractivity contribution in [2.24, 2.45) is 5.73 Å². The monoisotopic (exact) mass is 229 g/mol. The Morgan fingerprint density at radius 2 is 2.31 bits per heavy atom. The van der Waals surface area contributed by atoms with Crippen LogP contribution in [0, 0.1) is 0 Å². The standard InChI is InChI=1S/C11H23N3O2/c1-2-13-11(15)8-10(9-12)14-4-3-6-16-7-5-14/h10H,2-9,12H2,1H3,(H,13,15). The normalized spacial score (nSPS) is 20.1. The van der Waals surface area contributed by atoms with E-state index in [2.05, 4.69) is 10.2 Å². The van der Waals surface area contributed by atoms with E-state index in [1.54, 1.807) is 0 Å². The lowest BCUT2D eigenvalue weighted by Gasteiger charge is -2.28. The molecule has 16 heavy (non-hydrogen) atoms. The van der Waals surface area contributed by atoms with Crippen molar-refractivity contribution in [3.8, 4) is 0 Å². The zero-order valence-electron chi connectivity index (χ0n) is 10.1. The zero-order chi connectivity index (χ0) is 11.8. The quantitative estimate of drug-likeness (QED) is 0.671. The predicted molar refractivity (Wildman–Crippen MR) is 63.2 cm³/mol. The van der Waals surface area contributed by atoms with E-state index in [4.69, 9.17) is 10.5 Å². The van der Waals surface area contributed by atoms with Gasteiger partial charge in [0.05, 0.1) is 6.61 Å². The molecule has 1 aliphatic heterocycles. The first-order chi connectivity index (χ1) is 7.77. The van der Waals surface area contributed by atoms with E-state index in [-0.39, 0.29) is 11.9 Å². The molecule has 1 fully saturated rings. The van der Waals surface area contributed by atoms with E-state index in [9.17, 15) is 4.79 Å². The Bertz CT molecular complexity index is 203. The molecule has 0 spiro atoms. The Morgan fingerprint density at radius 1 is 1.50 bits per heavy atom. The van der Waals surface area contributed by atoms with Gasteiger partial charge in [-0.2, -0.15) is 0 Å². The molecule has 0 radical (unpaired) electrons. The fourth-order valence-corrected chi connectivity index (χ4v) is 1.98. The lowest BCUT2D eigenvalue weighted by molar-refractivity contribution is -0.122. The topological polar surface area (TPSA) is 67.6 Å². The van der Waals surface area contributed by atoms with E-state index < -0.39 is 0 Å². The van der Waals surface area contributed by atoms with Crippen LogP contribution in [0.5, 0.6) is 0 Å². The number of carbonyl (C=O) groups is 1. The summed E-state index contributed by atoms with van der Waals surface area (Å²) < 4.78 is 5.39. The van der Waals surface area contributed by atoms with E-state index in [1.165, 1.54) is 0 Å². The number of hydrogen-bond donors (Lipinski definition) is 2. The Hall–Kier alpha value is -0.650. The molecule has 0 saturated carbocycles. The van der Waals surface area contributed by atoms with Gasteiger partial charge in [0.1, 0.15) is 0 Å². The first-order valence-corrected chi connectivity index (χ1v) is 6.06. The van der Waals surface area contributed by atoms with Crippen LogP contribution in [0.15, 0.2) is 0 Å². The number of nitrogens with two attached hydrogens (primary N) is 1. The molecule has 1 saturated heterocycles. The van der Waals surface area contributed by atoms with Crippen molar-refractivity contribution >= 4 is 5.91 Å². The first kappa shape index (κ1) is 13.4. The van der Waals surface area contributed by atoms with Gasteiger partial charge in [-0.05, 0) is 13.3 Å². The minimum absolute atomic E-state index is 0.0862. The van der Waals surface area contributed by atoms with Gasteiger partial charge in [-0.3, -0.25) is 9.69 Å². The molecule has 0 aromatic carbocycles. The summed E-state index contributed by atoms with van der Waals surface area (Å²) in [6, 6.07) is 0.147. The Labute approximate surface area is 97.3 Å². The third-order valence-electron chi connectivity index (χ3n) is 2.84. The SMILES string of the molecule is CCNC(=O)CC(CN)N1CCCOCC1. The van der Waals surface area contributed by atoms with Crippen molar-refractivity contribution < 1.29 is 9.53 Å². The number of rotatable bonds is 5. The molecule has 94 valence electrons. The van der Waals surface area contributed by atoms with Crippen LogP contribution >= 0.6 is 0 Å². The van der Waals surface area contributed by atoms with Gasteiger partial charge in [0.25, 0.3) is 0 Å². The van der Waals surface area contributed by atoms with Gasteiger partial charge in [-0.25, -0.2) is 0 Å². The van der Waals surface area contributed by atoms with Crippen molar-refractivity contribution in [3.05, 3.63) is 0 Å². The van der Waals surface area contributed by atoms with Crippen molar-refractivity contribution in [1.82, 2.24) is 10.2 Å². The highest BCUT2D eigenvalue weighted by Gasteiger charge is 2.20. The molecule has 1 atom stereocenters. The average Bonchev–Trinajstić information content (AvgIpc) is 2.55. The van der Waals surface area contributed by atoms with E-state index in [0.717, 1.165) is 32.7 Å². The van der Waals surface area contributed by atoms with Crippen molar-refractivity contribution in [2.75, 3.05) is 39.4 Å². The maximum atomic E-state index is 11.5. The highest BCUT2D eigenvalue weighted by molar-refractivity contribution is 5.76. The second-order valence-corrected chi connectivity index (χ2v) is 4.05. The van der Waals surface area contributed by atoms with E-state index in [0.29, 0.717) is 19.5 Å². The van der Waals surface area contributed by atoms with Gasteiger partial charge in [0.2, 0.25) is 5.91 Å². The van der Waals surface area contributed by atoms with Gasteiger partial charge < -0.3 is 15.8 Å². The number of nitrogens with zero attached hydrogens (tertiary/aromatic N) is 1. The average molecular weight is 229 g/mol. The molecule has 3 N–H and O–H groups in total. The highest BCUT2D eigenvalue weighted by Crippen LogP contribution is 2.07. The number of carbonyl (C=O) groups excluding carboxylic acids is 1. The van der Waals surface area contributed by atoms with Crippen LogP contribution in [0.1, 0.15) is 19.8 Å². The fraction of sp³-hybridized carbons (Fsp3) is 0.909. The maximum absolute atomic E-state index is 11.5. The van der Waals surface area contributed by atoms with Crippen LogP contribution in [0.3, 0.4) is 0 Å². The third kappa shape index (κ3) is 4.47. The van der Waals surface area contributed by atoms with Crippen LogP contribution in [-0.2, 0) is 9.53 Å². The van der Waals surface area contributed by atoms with E-state index in [1.807, 2.05) is 6.92 Å². The largest absolute Gasteiger partial charge is 0.380 e. The summed E-state index contributed by atoms with van der Waals surface area (Å²) in [4.78, 5) is 13.8. The van der Waals surface area contributed by atoms with Crippen LogP contribution in [0.2, 0.25) is 0 Å². The van der Waals surface area contributed by atoms with Gasteiger partial charge >= 0.3 is 0 Å². The molecule has 1 heterocycles. The molecule has 5 nitrogen and oxygen atoms in total. The van der Waals surface area contributed by atoms with Gasteiger partial charge in [-0.1, -0.05) is 0 Å². The van der Waals surface area contributed by atoms with Gasteiger partial charge in [0, 0.05) is 45.2 Å². The second-order valence-electron chi connectivity index (χ2n) is 4.05. The number of nitrogens with one attached hydrogen (secondary N) is 1. The van der Waals surface area contributed by atoms with Crippen molar-refractivity contribution in [2.45, 2.75) is 25.8 Å². The van der Waals surface area contributed by atoms with Crippen molar-refractivity contribution in [3.63, 3.8) is 0 Å². The highest BCUT2D eigenvalue weighted by atomic mass is 16.5. The number of hydrogen-bond acceptors (Lipinski definition) is 4. The Morgan fingerprint density at radius 3 is 3.00 bits per heavy atom. The van der Waals surface area contributed by atoms with Gasteiger partial charge in [-0.15, -0.1) is 0 Å². The maximum Gasteiger partial charge on any atom is 0.221 e. The lowest BCUT2D eigenvalue weighted by atomic mass is 10.1. The molecule has 5 heteroatoms. The minimum atomic E-state index is 0.0862. The fourth-order valence-electron chi connectivity index (χ4n) is 1.98. The minimum Gasteiger partial charge on any atom is -0.380 e. The second kappa shape index (κ2) is 7.60. The van der Waals surface area contributed by atoms with Gasteiger partial charge in [0.15, 0.2) is 0 Å². The molecule has 1 aliphatic rings. The van der Waals surface area contributed by atoms with Crippen LogP contribution in [0.25, 0.3) is 0 Å². The molecule has 1 unspecified atom stereocenters. The smallest absolute Gasteiger partial charge is 0.221 e. The summed E-state index contributed by atoms with van der Waals surface area (Å²) >= 11 is 0. The van der Waals surface area contributed by atoms with Crippen molar-refractivity contribution in [1.29, 1.82) is 0 Å². The molecule has 0 bridgehead atoms. The van der Waals surface area contributed by atoms with Crippen LogP contribution in [0.4, 0.5) is 0 Å². The zero-order valence-corrected chi connectivity index (χ0v) is 10.1. The molecule has 0 aromatic rings. The van der Waals surface area contributed by atoms with Crippen LogP contribution in [-0.4, -0.2) is 56.2 Å². The molecule has 0 aliphatic carbocycles. The Balaban J connectivity index is 2.41. The first-order valence-electron chi connectivity index (χ1n) is 6.06. The Kier molecular flexibility index (Phi) is 6.37. The molecule has 1 amide bonds. The number of amides is 1. The molecular formula is C11H23N3O2. The summed E-state index contributed by atoms with van der Waals surface area (Å²) in [5.41, 5.74) is 5.74. The molecule has 1 rings (SSSR count). The summed E-state index contributed by atoms with van der Waals surface area (Å²) in [5, 5.41) is 2.81. The third-order valence-corrected chi connectivity index (χ3v) is 2.84. The summed E-state index contributed by atoms with van der Waals surface area (Å²) in [5.74, 6) is 0.0862. The predicted octanol–water partition coefficient (Wildman–Crippen LogP) is -0.438. The van der Waals surface area contributed by atoms with Crippen LogP contribution < -0.4 is 11.1 Å². The lowest BCUT2D eigenvalue weighted by Crippen LogP contribution is -2.45.